The molecule has 0 saturated carbocycles. The van der Waals surface area contributed by atoms with Crippen LogP contribution in [0.3, 0.4) is 0 Å². The molecule has 4 rings (SSSR count). The first-order valence-electron chi connectivity index (χ1n) is 8.25. The maximum Gasteiger partial charge on any atom is 0.287 e. The van der Waals surface area contributed by atoms with Gasteiger partial charge in [-0.1, -0.05) is 0 Å². The van der Waals surface area contributed by atoms with E-state index in [0.29, 0.717) is 11.5 Å². The number of benzene rings is 1. The molecule has 1 N–H and O–H groups in total. The largest absolute Gasteiger partial charge is 0.369 e. The van der Waals surface area contributed by atoms with E-state index >= 15 is 0 Å². The van der Waals surface area contributed by atoms with Crippen LogP contribution in [0, 0.1) is 10.1 Å². The predicted molar refractivity (Wildman–Crippen MR) is 96.9 cm³/mol. The molecule has 0 bridgehead atoms. The molecule has 0 spiro atoms. The van der Waals surface area contributed by atoms with E-state index in [1.807, 2.05) is 6.07 Å². The number of hydrogen-bond acceptors (Lipinski definition) is 5. The highest BCUT2D eigenvalue weighted by Gasteiger charge is 2.18. The Kier molecular flexibility index (Phi) is 3.69. The van der Waals surface area contributed by atoms with Gasteiger partial charge in [-0.2, -0.15) is 0 Å². The van der Waals surface area contributed by atoms with Crippen LogP contribution in [0.1, 0.15) is 0 Å². The number of nitrogens with one attached hydrogen (secondary N) is 1. The summed E-state index contributed by atoms with van der Waals surface area (Å²) in [5.41, 5.74) is 3.73. The van der Waals surface area contributed by atoms with Gasteiger partial charge in [0.1, 0.15) is 0 Å². The number of aromatic amines is 1. The third-order valence-corrected chi connectivity index (χ3v) is 4.78. The highest BCUT2D eigenvalue weighted by Crippen LogP contribution is 2.27. The molecule has 1 fully saturated rings. The van der Waals surface area contributed by atoms with Crippen molar-refractivity contribution in [3.05, 3.63) is 40.6 Å². The highest BCUT2D eigenvalue weighted by atomic mass is 16.6. The third-order valence-electron chi connectivity index (χ3n) is 4.78. The molecule has 1 aromatic carbocycles. The minimum Gasteiger partial charge on any atom is -0.369 e. The maximum absolute atomic E-state index is 11.0. The van der Waals surface area contributed by atoms with Gasteiger partial charge >= 0.3 is 0 Å². The summed E-state index contributed by atoms with van der Waals surface area (Å²) in [6, 6.07) is 7.75. The molecule has 130 valence electrons. The molecule has 0 unspecified atom stereocenters. The number of fused-ring (bicyclic) bond motifs is 1. The molecule has 0 aliphatic carbocycles. The number of piperazine rings is 1. The first kappa shape index (κ1) is 15.6. The number of H-pyrrole nitrogens is 1. The van der Waals surface area contributed by atoms with Crippen molar-refractivity contribution in [3.8, 4) is 11.5 Å². The van der Waals surface area contributed by atoms with Crippen LogP contribution in [0.4, 0.5) is 11.4 Å². The maximum atomic E-state index is 11.0. The number of hydrogen-bond donors (Lipinski definition) is 1. The van der Waals surface area contributed by atoms with E-state index in [1.54, 1.807) is 17.7 Å². The highest BCUT2D eigenvalue weighted by molar-refractivity contribution is 5.82. The van der Waals surface area contributed by atoms with Crippen molar-refractivity contribution in [3.63, 3.8) is 0 Å². The Bertz CT molecular complexity index is 936. The summed E-state index contributed by atoms with van der Waals surface area (Å²) in [5, 5.41) is 11.0. The first-order chi connectivity index (χ1) is 12.0. The monoisotopic (exact) mass is 340 g/mol. The zero-order valence-electron chi connectivity index (χ0n) is 14.3. The summed E-state index contributed by atoms with van der Waals surface area (Å²) >= 11 is 0. The second-order valence-corrected chi connectivity index (χ2v) is 6.53. The number of likely N-dealkylation sites (N-methyl/N-ethyl adjacent to an activating group) is 1. The Labute approximate surface area is 144 Å². The van der Waals surface area contributed by atoms with Gasteiger partial charge in [-0.3, -0.25) is 10.1 Å². The van der Waals surface area contributed by atoms with Gasteiger partial charge < -0.3 is 19.4 Å². The van der Waals surface area contributed by atoms with Gasteiger partial charge in [-0.15, -0.1) is 0 Å². The zero-order chi connectivity index (χ0) is 17.6. The summed E-state index contributed by atoms with van der Waals surface area (Å²) in [6.07, 6.45) is 1.50. The lowest BCUT2D eigenvalue weighted by Crippen LogP contribution is -2.44. The second kappa shape index (κ2) is 5.89. The molecule has 0 radical (unpaired) electrons. The summed E-state index contributed by atoms with van der Waals surface area (Å²) in [7, 11) is 3.92. The summed E-state index contributed by atoms with van der Waals surface area (Å²) in [5.74, 6) is 0.640. The Morgan fingerprint density at radius 3 is 2.60 bits per heavy atom. The van der Waals surface area contributed by atoms with E-state index in [1.165, 1.54) is 6.20 Å². The first-order valence-corrected chi connectivity index (χ1v) is 8.25. The average molecular weight is 340 g/mol. The van der Waals surface area contributed by atoms with Crippen LogP contribution in [-0.4, -0.2) is 57.6 Å². The van der Waals surface area contributed by atoms with Crippen LogP contribution >= 0.6 is 0 Å². The smallest absolute Gasteiger partial charge is 0.287 e. The van der Waals surface area contributed by atoms with Crippen molar-refractivity contribution >= 4 is 22.4 Å². The van der Waals surface area contributed by atoms with Gasteiger partial charge in [0.15, 0.2) is 5.82 Å². The lowest BCUT2D eigenvalue weighted by molar-refractivity contribution is -0.384. The van der Waals surface area contributed by atoms with Crippen LogP contribution in [-0.2, 0) is 7.05 Å². The average Bonchev–Trinajstić information content (AvgIpc) is 3.18. The number of anilines is 1. The second-order valence-electron chi connectivity index (χ2n) is 6.53. The third kappa shape index (κ3) is 2.85. The molecule has 3 heterocycles. The van der Waals surface area contributed by atoms with Crippen molar-refractivity contribution in [2.24, 2.45) is 7.05 Å². The van der Waals surface area contributed by atoms with Gasteiger partial charge in [0, 0.05) is 45.0 Å². The standard InChI is InChI=1S/C17H20N6O2/c1-20-5-7-22(8-6-20)12-3-4-14-15(9-12)19-17(18-14)16-10-13(23(24)25)11-21(16)2/h3-4,9-11H,5-8H2,1-2H3,(H,18,19). The van der Waals surface area contributed by atoms with E-state index in [-0.39, 0.29) is 5.69 Å². The Morgan fingerprint density at radius 1 is 1.16 bits per heavy atom. The molecule has 1 aliphatic rings. The summed E-state index contributed by atoms with van der Waals surface area (Å²) < 4.78 is 1.72. The molecule has 25 heavy (non-hydrogen) atoms. The van der Waals surface area contributed by atoms with Gasteiger partial charge in [0.05, 0.1) is 27.8 Å². The number of aryl methyl sites for hydroxylation is 1. The van der Waals surface area contributed by atoms with Crippen molar-refractivity contribution < 1.29 is 4.92 Å². The zero-order valence-corrected chi connectivity index (χ0v) is 14.3. The number of rotatable bonds is 3. The van der Waals surface area contributed by atoms with Crippen molar-refractivity contribution in [1.82, 2.24) is 19.4 Å². The number of imidazole rings is 1. The van der Waals surface area contributed by atoms with Gasteiger partial charge in [0.25, 0.3) is 5.69 Å². The lowest BCUT2D eigenvalue weighted by atomic mass is 10.2. The van der Waals surface area contributed by atoms with E-state index < -0.39 is 4.92 Å². The molecule has 0 atom stereocenters. The molecule has 2 aromatic heterocycles. The van der Waals surface area contributed by atoms with Gasteiger partial charge in [-0.25, -0.2) is 4.98 Å². The normalized spacial score (nSPS) is 15.8. The summed E-state index contributed by atoms with van der Waals surface area (Å²) in [4.78, 5) is 23.2. The molecular formula is C17H20N6O2. The number of nitro groups is 1. The topological polar surface area (TPSA) is 83.2 Å². The Morgan fingerprint density at radius 2 is 1.92 bits per heavy atom. The molecule has 8 heteroatoms. The van der Waals surface area contributed by atoms with E-state index in [2.05, 4.69) is 38.9 Å². The van der Waals surface area contributed by atoms with Crippen LogP contribution in [0.25, 0.3) is 22.6 Å². The quantitative estimate of drug-likeness (QED) is 0.584. The number of aromatic nitrogens is 3. The van der Waals surface area contributed by atoms with Crippen LogP contribution in [0.15, 0.2) is 30.5 Å². The predicted octanol–water partition coefficient (Wildman–Crippen LogP) is 2.23. The van der Waals surface area contributed by atoms with E-state index in [9.17, 15) is 10.1 Å². The molecule has 1 saturated heterocycles. The Hall–Kier alpha value is -2.87. The van der Waals surface area contributed by atoms with Crippen LogP contribution in [0.2, 0.25) is 0 Å². The Balaban J connectivity index is 1.68. The van der Waals surface area contributed by atoms with Gasteiger partial charge in [0.2, 0.25) is 0 Å². The molecular weight excluding hydrogens is 320 g/mol. The van der Waals surface area contributed by atoms with Gasteiger partial charge in [-0.05, 0) is 25.2 Å². The molecule has 1 aliphatic heterocycles. The van der Waals surface area contributed by atoms with E-state index in [4.69, 9.17) is 0 Å². The minimum atomic E-state index is -0.391. The van der Waals surface area contributed by atoms with Crippen LogP contribution in [0.5, 0.6) is 0 Å². The summed E-state index contributed by atoms with van der Waals surface area (Å²) in [6.45, 7) is 4.11. The van der Waals surface area contributed by atoms with Crippen LogP contribution < -0.4 is 4.90 Å². The fourth-order valence-electron chi connectivity index (χ4n) is 3.26. The van der Waals surface area contributed by atoms with Crippen molar-refractivity contribution in [2.75, 3.05) is 38.1 Å². The van der Waals surface area contributed by atoms with Crippen molar-refractivity contribution in [2.45, 2.75) is 0 Å². The molecule has 8 nitrogen and oxygen atoms in total. The SMILES string of the molecule is CN1CCN(c2ccc3[nH]c(-c4cc([N+](=O)[O-])cn4C)nc3c2)CC1. The number of nitrogens with zero attached hydrogens (tertiary/aromatic N) is 5. The fraction of sp³-hybridized carbons (Fsp3) is 0.353. The molecule has 0 amide bonds. The molecule has 3 aromatic rings. The van der Waals surface area contributed by atoms with Crippen molar-refractivity contribution in [1.29, 1.82) is 0 Å². The fourth-order valence-corrected chi connectivity index (χ4v) is 3.26. The van der Waals surface area contributed by atoms with E-state index in [0.717, 1.165) is 42.9 Å². The minimum absolute atomic E-state index is 0.0658. The lowest BCUT2D eigenvalue weighted by Gasteiger charge is -2.34.